The van der Waals surface area contributed by atoms with Gasteiger partial charge in [-0.3, -0.25) is 0 Å². The summed E-state index contributed by atoms with van der Waals surface area (Å²) in [5, 5.41) is 3.43. The maximum Gasteiger partial charge on any atom is 0.119 e. The predicted molar refractivity (Wildman–Crippen MR) is 88.9 cm³/mol. The van der Waals surface area contributed by atoms with E-state index in [2.05, 4.69) is 53.8 Å². The summed E-state index contributed by atoms with van der Waals surface area (Å²) in [7, 11) is 3.77. The SMILES string of the molecule is CNC(CCCc1ccccc1)Cc1cccc(OC)c1. The summed E-state index contributed by atoms with van der Waals surface area (Å²) in [5.74, 6) is 0.937. The first kappa shape index (κ1) is 15.6. The van der Waals surface area contributed by atoms with E-state index in [1.807, 2.05) is 13.1 Å². The van der Waals surface area contributed by atoms with Crippen LogP contribution >= 0.6 is 0 Å². The van der Waals surface area contributed by atoms with E-state index in [0.29, 0.717) is 6.04 Å². The van der Waals surface area contributed by atoms with Gasteiger partial charge in [-0.1, -0.05) is 42.5 Å². The second-order valence-corrected chi connectivity index (χ2v) is 5.42. The number of benzene rings is 2. The molecular weight excluding hydrogens is 258 g/mol. The Balaban J connectivity index is 1.82. The summed E-state index contributed by atoms with van der Waals surface area (Å²) >= 11 is 0. The molecule has 1 unspecified atom stereocenters. The maximum atomic E-state index is 5.29. The monoisotopic (exact) mass is 283 g/mol. The van der Waals surface area contributed by atoms with Crippen molar-refractivity contribution in [2.45, 2.75) is 31.7 Å². The fraction of sp³-hybridized carbons (Fsp3) is 0.368. The Morgan fingerprint density at radius 2 is 1.76 bits per heavy atom. The molecule has 0 bridgehead atoms. The lowest BCUT2D eigenvalue weighted by molar-refractivity contribution is 0.413. The summed E-state index contributed by atoms with van der Waals surface area (Å²) in [4.78, 5) is 0. The fourth-order valence-electron chi connectivity index (χ4n) is 2.63. The van der Waals surface area contributed by atoms with Crippen molar-refractivity contribution in [3.05, 3.63) is 65.7 Å². The van der Waals surface area contributed by atoms with E-state index in [1.54, 1.807) is 7.11 Å². The molecule has 1 N–H and O–H groups in total. The Hall–Kier alpha value is -1.80. The molecule has 2 aromatic rings. The topological polar surface area (TPSA) is 21.3 Å². The molecule has 0 saturated heterocycles. The molecule has 0 fully saturated rings. The van der Waals surface area contributed by atoms with Crippen molar-refractivity contribution < 1.29 is 4.74 Å². The average molecular weight is 283 g/mol. The van der Waals surface area contributed by atoms with Crippen molar-refractivity contribution in [2.75, 3.05) is 14.2 Å². The van der Waals surface area contributed by atoms with E-state index in [0.717, 1.165) is 18.6 Å². The zero-order valence-corrected chi connectivity index (χ0v) is 13.0. The fourth-order valence-corrected chi connectivity index (χ4v) is 2.63. The second-order valence-electron chi connectivity index (χ2n) is 5.42. The van der Waals surface area contributed by atoms with E-state index >= 15 is 0 Å². The number of likely N-dealkylation sites (N-methyl/N-ethyl adjacent to an activating group) is 1. The van der Waals surface area contributed by atoms with Crippen LogP contribution in [0, 0.1) is 0 Å². The lowest BCUT2D eigenvalue weighted by atomic mass is 9.99. The Labute approximate surface area is 128 Å². The quantitative estimate of drug-likeness (QED) is 0.794. The lowest BCUT2D eigenvalue weighted by Crippen LogP contribution is -2.27. The first-order valence-corrected chi connectivity index (χ1v) is 7.66. The zero-order valence-electron chi connectivity index (χ0n) is 13.0. The van der Waals surface area contributed by atoms with Crippen LogP contribution in [0.5, 0.6) is 5.75 Å². The van der Waals surface area contributed by atoms with Crippen LogP contribution in [0.2, 0.25) is 0 Å². The van der Waals surface area contributed by atoms with Crippen LogP contribution < -0.4 is 10.1 Å². The Morgan fingerprint density at radius 1 is 1.00 bits per heavy atom. The minimum absolute atomic E-state index is 0.515. The van der Waals surface area contributed by atoms with Gasteiger partial charge in [-0.05, 0) is 56.0 Å². The lowest BCUT2D eigenvalue weighted by Gasteiger charge is -2.16. The van der Waals surface area contributed by atoms with Gasteiger partial charge in [-0.25, -0.2) is 0 Å². The summed E-state index contributed by atoms with van der Waals surface area (Å²) < 4.78 is 5.29. The van der Waals surface area contributed by atoms with Gasteiger partial charge < -0.3 is 10.1 Å². The van der Waals surface area contributed by atoms with Crippen LogP contribution in [0.3, 0.4) is 0 Å². The summed E-state index contributed by atoms with van der Waals surface area (Å²) in [6, 6.07) is 19.6. The van der Waals surface area contributed by atoms with Gasteiger partial charge in [-0.2, -0.15) is 0 Å². The number of rotatable bonds is 8. The van der Waals surface area contributed by atoms with Crippen LogP contribution in [0.1, 0.15) is 24.0 Å². The molecule has 0 heterocycles. The number of aryl methyl sites for hydroxylation is 1. The molecule has 0 amide bonds. The predicted octanol–water partition coefficient (Wildman–Crippen LogP) is 3.85. The molecule has 0 radical (unpaired) electrons. The standard InChI is InChI=1S/C19H25NO/c1-20-18(12-6-10-16-8-4-3-5-9-16)14-17-11-7-13-19(15-17)21-2/h3-5,7-9,11,13,15,18,20H,6,10,12,14H2,1-2H3. The molecule has 0 aliphatic rings. The highest BCUT2D eigenvalue weighted by Gasteiger charge is 2.08. The minimum atomic E-state index is 0.515. The largest absolute Gasteiger partial charge is 0.497 e. The molecule has 2 nitrogen and oxygen atoms in total. The van der Waals surface area contributed by atoms with Crippen molar-refractivity contribution in [3.8, 4) is 5.75 Å². The summed E-state index contributed by atoms with van der Waals surface area (Å²) in [5.41, 5.74) is 2.75. The van der Waals surface area contributed by atoms with Gasteiger partial charge in [0.15, 0.2) is 0 Å². The molecule has 1 atom stereocenters. The van der Waals surface area contributed by atoms with Gasteiger partial charge in [0.05, 0.1) is 7.11 Å². The van der Waals surface area contributed by atoms with Gasteiger partial charge in [0, 0.05) is 6.04 Å². The second kappa shape index (κ2) is 8.48. The van der Waals surface area contributed by atoms with E-state index in [-0.39, 0.29) is 0 Å². The van der Waals surface area contributed by atoms with E-state index in [9.17, 15) is 0 Å². The minimum Gasteiger partial charge on any atom is -0.497 e. The van der Waals surface area contributed by atoms with Crippen molar-refractivity contribution in [2.24, 2.45) is 0 Å². The zero-order chi connectivity index (χ0) is 14.9. The Bertz CT molecular complexity index is 524. The smallest absolute Gasteiger partial charge is 0.119 e. The number of hydrogen-bond acceptors (Lipinski definition) is 2. The third kappa shape index (κ3) is 5.24. The van der Waals surface area contributed by atoms with Crippen LogP contribution in [0.4, 0.5) is 0 Å². The summed E-state index contributed by atoms with van der Waals surface area (Å²) in [6.07, 6.45) is 4.59. The Kier molecular flexibility index (Phi) is 6.29. The van der Waals surface area contributed by atoms with Gasteiger partial charge in [0.1, 0.15) is 5.75 Å². The van der Waals surface area contributed by atoms with Gasteiger partial charge in [-0.15, -0.1) is 0 Å². The van der Waals surface area contributed by atoms with Gasteiger partial charge in [0.25, 0.3) is 0 Å². The first-order chi connectivity index (χ1) is 10.3. The molecular formula is C19H25NO. The van der Waals surface area contributed by atoms with E-state index in [1.165, 1.54) is 24.0 Å². The Morgan fingerprint density at radius 3 is 2.48 bits per heavy atom. The number of nitrogens with one attached hydrogen (secondary N) is 1. The molecule has 21 heavy (non-hydrogen) atoms. The van der Waals surface area contributed by atoms with E-state index in [4.69, 9.17) is 4.74 Å². The molecule has 0 saturated carbocycles. The van der Waals surface area contributed by atoms with Crippen LogP contribution in [-0.2, 0) is 12.8 Å². The van der Waals surface area contributed by atoms with Crippen LogP contribution in [-0.4, -0.2) is 20.2 Å². The van der Waals surface area contributed by atoms with Crippen molar-refractivity contribution in [1.82, 2.24) is 5.32 Å². The highest BCUT2D eigenvalue weighted by molar-refractivity contribution is 5.29. The number of ether oxygens (including phenoxy) is 1. The highest BCUT2D eigenvalue weighted by atomic mass is 16.5. The molecule has 2 rings (SSSR count). The third-order valence-electron chi connectivity index (χ3n) is 3.89. The van der Waals surface area contributed by atoms with Crippen molar-refractivity contribution >= 4 is 0 Å². The normalized spacial score (nSPS) is 12.1. The highest BCUT2D eigenvalue weighted by Crippen LogP contribution is 2.16. The molecule has 2 aromatic carbocycles. The van der Waals surface area contributed by atoms with Crippen LogP contribution in [0.25, 0.3) is 0 Å². The van der Waals surface area contributed by atoms with Crippen molar-refractivity contribution in [3.63, 3.8) is 0 Å². The van der Waals surface area contributed by atoms with Gasteiger partial charge in [0.2, 0.25) is 0 Å². The molecule has 0 aliphatic carbocycles. The first-order valence-electron chi connectivity index (χ1n) is 7.66. The van der Waals surface area contributed by atoms with Crippen LogP contribution in [0.15, 0.2) is 54.6 Å². The average Bonchev–Trinajstić information content (AvgIpc) is 2.55. The molecule has 0 aliphatic heterocycles. The van der Waals surface area contributed by atoms with Crippen molar-refractivity contribution in [1.29, 1.82) is 0 Å². The molecule has 0 spiro atoms. The molecule has 2 heteroatoms. The van der Waals surface area contributed by atoms with Gasteiger partial charge >= 0.3 is 0 Å². The number of hydrogen-bond donors (Lipinski definition) is 1. The molecule has 0 aromatic heterocycles. The number of methoxy groups -OCH3 is 1. The maximum absolute atomic E-state index is 5.29. The third-order valence-corrected chi connectivity index (χ3v) is 3.89. The summed E-state index contributed by atoms with van der Waals surface area (Å²) in [6.45, 7) is 0. The molecule has 112 valence electrons. The van der Waals surface area contributed by atoms with E-state index < -0.39 is 0 Å².